The number of halogens is 2. The van der Waals surface area contributed by atoms with Gasteiger partial charge in [-0.15, -0.1) is 0 Å². The zero-order valence-electron chi connectivity index (χ0n) is 11.1. The maximum Gasteiger partial charge on any atom is 0.261 e. The molecule has 2 aromatic rings. The number of hydrogen-bond acceptors (Lipinski definition) is 2. The van der Waals surface area contributed by atoms with Crippen molar-refractivity contribution < 1.29 is 18.3 Å². The lowest BCUT2D eigenvalue weighted by atomic mass is 10.1. The second-order valence-electron chi connectivity index (χ2n) is 4.19. The number of methoxy groups -OCH3 is 1. The van der Waals surface area contributed by atoms with E-state index in [1.807, 2.05) is 0 Å². The quantitative estimate of drug-likeness (QED) is 0.862. The van der Waals surface area contributed by atoms with Gasteiger partial charge in [-0.05, 0) is 36.4 Å². The molecule has 1 amide bonds. The van der Waals surface area contributed by atoms with Gasteiger partial charge in [-0.3, -0.25) is 4.79 Å². The zero-order chi connectivity index (χ0) is 14.7. The third-order valence-electron chi connectivity index (χ3n) is 2.89. The van der Waals surface area contributed by atoms with Crippen molar-refractivity contribution in [2.45, 2.75) is 0 Å². The predicted molar refractivity (Wildman–Crippen MR) is 72.1 cm³/mol. The molecule has 0 aliphatic carbocycles. The Balaban J connectivity index is 2.38. The molecule has 0 saturated heterocycles. The molecular weight excluding hydrogens is 264 g/mol. The van der Waals surface area contributed by atoms with E-state index < -0.39 is 17.5 Å². The normalized spacial score (nSPS) is 10.2. The molecule has 2 rings (SSSR count). The van der Waals surface area contributed by atoms with E-state index >= 15 is 0 Å². The van der Waals surface area contributed by atoms with Gasteiger partial charge in [0.1, 0.15) is 17.4 Å². The summed E-state index contributed by atoms with van der Waals surface area (Å²) in [4.78, 5) is 13.6. The highest BCUT2D eigenvalue weighted by molar-refractivity contribution is 6.07. The van der Waals surface area contributed by atoms with Crippen molar-refractivity contribution in [3.05, 3.63) is 59.7 Å². The summed E-state index contributed by atoms with van der Waals surface area (Å²) in [5, 5.41) is 0. The van der Waals surface area contributed by atoms with Gasteiger partial charge in [0.25, 0.3) is 5.91 Å². The molecule has 0 N–H and O–H groups in total. The minimum absolute atomic E-state index is 0.0826. The van der Waals surface area contributed by atoms with Gasteiger partial charge < -0.3 is 9.64 Å². The van der Waals surface area contributed by atoms with Crippen LogP contribution in [0.15, 0.2) is 42.5 Å². The summed E-state index contributed by atoms with van der Waals surface area (Å²) in [5.74, 6) is -1.21. The first-order valence-corrected chi connectivity index (χ1v) is 5.90. The molecule has 0 bridgehead atoms. The van der Waals surface area contributed by atoms with Crippen LogP contribution < -0.4 is 9.64 Å². The van der Waals surface area contributed by atoms with Crippen molar-refractivity contribution in [3.63, 3.8) is 0 Å². The summed E-state index contributed by atoms with van der Waals surface area (Å²) in [6.07, 6.45) is 0. The number of hydrogen-bond donors (Lipinski definition) is 0. The highest BCUT2D eigenvalue weighted by atomic mass is 19.1. The maximum atomic E-state index is 13.3. The van der Waals surface area contributed by atoms with Crippen LogP contribution in [0, 0.1) is 11.6 Å². The standard InChI is InChI=1S/C15H13F2NO2/c1-18(12-5-3-4-10(16)8-12)15(19)13-9-11(17)6-7-14(13)20-2/h3-9H,1-2H3. The average Bonchev–Trinajstić information content (AvgIpc) is 2.45. The van der Waals surface area contributed by atoms with Gasteiger partial charge >= 0.3 is 0 Å². The van der Waals surface area contributed by atoms with Crippen molar-refractivity contribution in [1.29, 1.82) is 0 Å². The summed E-state index contributed by atoms with van der Waals surface area (Å²) in [5.41, 5.74) is 0.459. The van der Waals surface area contributed by atoms with Crippen molar-refractivity contribution in [2.75, 3.05) is 19.1 Å². The molecule has 0 atom stereocenters. The van der Waals surface area contributed by atoms with Gasteiger partial charge in [-0.2, -0.15) is 0 Å². The summed E-state index contributed by atoms with van der Waals surface area (Å²) in [6.45, 7) is 0. The number of amides is 1. The van der Waals surface area contributed by atoms with Gasteiger partial charge in [0.2, 0.25) is 0 Å². The van der Waals surface area contributed by atoms with Crippen LogP contribution in [0.4, 0.5) is 14.5 Å². The molecule has 3 nitrogen and oxygen atoms in total. The van der Waals surface area contributed by atoms with Crippen molar-refractivity contribution in [1.82, 2.24) is 0 Å². The van der Waals surface area contributed by atoms with Crippen LogP contribution in [0.1, 0.15) is 10.4 Å². The first kappa shape index (κ1) is 14.0. The molecular formula is C15H13F2NO2. The molecule has 0 radical (unpaired) electrons. The Morgan fingerprint density at radius 3 is 2.45 bits per heavy atom. The Bertz CT molecular complexity index is 644. The Hall–Kier alpha value is -2.43. The number of benzene rings is 2. The van der Waals surface area contributed by atoms with Crippen LogP contribution in [0.25, 0.3) is 0 Å². The highest BCUT2D eigenvalue weighted by Crippen LogP contribution is 2.23. The maximum absolute atomic E-state index is 13.3. The molecule has 0 fully saturated rings. The zero-order valence-corrected chi connectivity index (χ0v) is 11.1. The van der Waals surface area contributed by atoms with E-state index in [4.69, 9.17) is 4.74 Å². The second kappa shape index (κ2) is 5.69. The summed E-state index contributed by atoms with van der Waals surface area (Å²) < 4.78 is 31.5. The van der Waals surface area contributed by atoms with Crippen LogP contribution >= 0.6 is 0 Å². The largest absolute Gasteiger partial charge is 0.496 e. The van der Waals surface area contributed by atoms with Gasteiger partial charge in [0, 0.05) is 12.7 Å². The number of rotatable bonds is 3. The van der Waals surface area contributed by atoms with Gasteiger partial charge in [-0.25, -0.2) is 8.78 Å². The SMILES string of the molecule is COc1ccc(F)cc1C(=O)N(C)c1cccc(F)c1. The third kappa shape index (κ3) is 2.77. The molecule has 0 aliphatic rings. The van der Waals surface area contributed by atoms with E-state index in [-0.39, 0.29) is 11.3 Å². The lowest BCUT2D eigenvalue weighted by Crippen LogP contribution is -2.26. The van der Waals surface area contributed by atoms with E-state index in [2.05, 4.69) is 0 Å². The number of nitrogens with zero attached hydrogens (tertiary/aromatic N) is 1. The molecule has 0 heterocycles. The van der Waals surface area contributed by atoms with E-state index in [0.29, 0.717) is 5.69 Å². The molecule has 0 unspecified atom stereocenters. The minimum atomic E-state index is -0.540. The molecule has 0 aromatic heterocycles. The Morgan fingerprint density at radius 1 is 1.10 bits per heavy atom. The molecule has 2 aromatic carbocycles. The van der Waals surface area contributed by atoms with Crippen LogP contribution in [-0.2, 0) is 0 Å². The average molecular weight is 277 g/mol. The third-order valence-corrected chi connectivity index (χ3v) is 2.89. The van der Waals surface area contributed by atoms with E-state index in [1.54, 1.807) is 6.07 Å². The molecule has 0 spiro atoms. The lowest BCUT2D eigenvalue weighted by molar-refractivity contribution is 0.0989. The number of carbonyl (C=O) groups is 1. The van der Waals surface area contributed by atoms with Crippen LogP contribution in [0.2, 0.25) is 0 Å². The first-order valence-electron chi connectivity index (χ1n) is 5.90. The Kier molecular flexibility index (Phi) is 3.98. The first-order chi connectivity index (χ1) is 9.52. The summed E-state index contributed by atoms with van der Waals surface area (Å²) in [6, 6.07) is 9.27. The van der Waals surface area contributed by atoms with Crippen LogP contribution in [-0.4, -0.2) is 20.1 Å². The van der Waals surface area contributed by atoms with Crippen LogP contribution in [0.3, 0.4) is 0 Å². The fourth-order valence-electron chi connectivity index (χ4n) is 1.83. The summed E-state index contributed by atoms with van der Waals surface area (Å²) in [7, 11) is 2.88. The molecule has 20 heavy (non-hydrogen) atoms. The van der Waals surface area contributed by atoms with E-state index in [9.17, 15) is 13.6 Å². The van der Waals surface area contributed by atoms with Crippen molar-refractivity contribution in [2.24, 2.45) is 0 Å². The monoisotopic (exact) mass is 277 g/mol. The second-order valence-corrected chi connectivity index (χ2v) is 4.19. The van der Waals surface area contributed by atoms with Crippen LogP contribution in [0.5, 0.6) is 5.75 Å². The molecule has 0 aliphatic heterocycles. The van der Waals surface area contributed by atoms with Gasteiger partial charge in [0.15, 0.2) is 0 Å². The fourth-order valence-corrected chi connectivity index (χ4v) is 1.83. The molecule has 104 valence electrons. The van der Waals surface area contributed by atoms with Gasteiger partial charge in [0.05, 0.1) is 12.7 Å². The van der Waals surface area contributed by atoms with Gasteiger partial charge in [-0.1, -0.05) is 6.07 Å². The predicted octanol–water partition coefficient (Wildman–Crippen LogP) is 3.25. The lowest BCUT2D eigenvalue weighted by Gasteiger charge is -2.18. The fraction of sp³-hybridized carbons (Fsp3) is 0.133. The smallest absolute Gasteiger partial charge is 0.261 e. The van der Waals surface area contributed by atoms with Crippen molar-refractivity contribution in [3.8, 4) is 5.75 Å². The van der Waals surface area contributed by atoms with E-state index in [0.717, 1.165) is 6.07 Å². The highest BCUT2D eigenvalue weighted by Gasteiger charge is 2.19. The van der Waals surface area contributed by atoms with Crippen molar-refractivity contribution >= 4 is 11.6 Å². The molecule has 0 saturated carbocycles. The Morgan fingerprint density at radius 2 is 1.80 bits per heavy atom. The topological polar surface area (TPSA) is 29.5 Å². The molecule has 5 heteroatoms. The van der Waals surface area contributed by atoms with E-state index in [1.165, 1.54) is 49.4 Å². The number of anilines is 1. The number of carbonyl (C=O) groups excluding carboxylic acids is 1. The summed E-state index contributed by atoms with van der Waals surface area (Å²) >= 11 is 0. The Labute approximate surface area is 115 Å². The minimum Gasteiger partial charge on any atom is -0.496 e. The number of ether oxygens (including phenoxy) is 1.